The first-order chi connectivity index (χ1) is 10.2. The number of hydrogen-bond donors (Lipinski definition) is 1. The number of halogens is 1. The smallest absolute Gasteiger partial charge is 0.126 e. The molecule has 0 bridgehead atoms. The number of fused-ring (bicyclic) bond motifs is 1. The van der Waals surface area contributed by atoms with Gasteiger partial charge in [-0.25, -0.2) is 4.39 Å². The fourth-order valence-corrected chi connectivity index (χ4v) is 2.96. The lowest BCUT2D eigenvalue weighted by Crippen LogP contribution is -2.29. The van der Waals surface area contributed by atoms with Gasteiger partial charge in [0, 0.05) is 18.0 Å². The van der Waals surface area contributed by atoms with E-state index in [2.05, 4.69) is 43.4 Å². The van der Waals surface area contributed by atoms with Crippen LogP contribution in [0.3, 0.4) is 0 Å². The van der Waals surface area contributed by atoms with Crippen molar-refractivity contribution in [2.45, 2.75) is 32.4 Å². The Hall–Kier alpha value is -1.87. The van der Waals surface area contributed by atoms with Gasteiger partial charge in [-0.3, -0.25) is 0 Å². The highest BCUT2D eigenvalue weighted by Gasteiger charge is 2.29. The fourth-order valence-electron chi connectivity index (χ4n) is 2.96. The summed E-state index contributed by atoms with van der Waals surface area (Å²) in [6.45, 7) is 4.99. The van der Waals surface area contributed by atoms with Gasteiger partial charge in [-0.15, -0.1) is 0 Å². The monoisotopic (exact) mass is 285 g/mol. The molecule has 1 heterocycles. The van der Waals surface area contributed by atoms with E-state index in [0.717, 1.165) is 24.3 Å². The molecule has 0 saturated carbocycles. The molecular weight excluding hydrogens is 265 g/mol. The lowest BCUT2D eigenvalue weighted by molar-refractivity contribution is 0.151. The van der Waals surface area contributed by atoms with Gasteiger partial charge >= 0.3 is 0 Å². The minimum atomic E-state index is -0.214. The molecule has 110 valence electrons. The molecule has 0 radical (unpaired) electrons. The molecule has 21 heavy (non-hydrogen) atoms. The predicted octanol–water partition coefficient (Wildman–Crippen LogP) is 4.31. The predicted molar refractivity (Wildman–Crippen MR) is 82.0 cm³/mol. The molecule has 2 unspecified atom stereocenters. The Kier molecular flexibility index (Phi) is 3.93. The number of aryl methyl sites for hydroxylation is 1. The lowest BCUT2D eigenvalue weighted by atomic mass is 9.92. The molecule has 1 N–H and O–H groups in total. The first-order valence-corrected chi connectivity index (χ1v) is 7.43. The first-order valence-electron chi connectivity index (χ1n) is 7.43. The highest BCUT2D eigenvalue weighted by molar-refractivity contribution is 5.40. The summed E-state index contributed by atoms with van der Waals surface area (Å²) in [5, 5.41) is 3.44. The van der Waals surface area contributed by atoms with E-state index < -0.39 is 0 Å². The van der Waals surface area contributed by atoms with Crippen LogP contribution in [0.1, 0.15) is 42.2 Å². The van der Waals surface area contributed by atoms with E-state index >= 15 is 0 Å². The third-order valence-corrected chi connectivity index (χ3v) is 3.93. The highest BCUT2D eigenvalue weighted by Crippen LogP contribution is 2.41. The summed E-state index contributed by atoms with van der Waals surface area (Å²) in [4.78, 5) is 0. The van der Waals surface area contributed by atoms with Crippen molar-refractivity contribution in [2.24, 2.45) is 0 Å². The highest BCUT2D eigenvalue weighted by atomic mass is 19.1. The molecule has 0 aliphatic carbocycles. The molecule has 0 fully saturated rings. The van der Waals surface area contributed by atoms with Crippen molar-refractivity contribution in [2.75, 3.05) is 6.54 Å². The summed E-state index contributed by atoms with van der Waals surface area (Å²) in [7, 11) is 0. The second-order valence-electron chi connectivity index (χ2n) is 5.55. The molecule has 0 saturated heterocycles. The summed E-state index contributed by atoms with van der Waals surface area (Å²) in [5.41, 5.74) is 3.31. The van der Waals surface area contributed by atoms with E-state index in [1.165, 1.54) is 17.2 Å². The molecule has 1 aliphatic heterocycles. The Labute approximate surface area is 125 Å². The standard InChI is InChI=1S/C18H20FNO/c1-3-20-16-11-18(13-6-4-5-12(2)9-13)21-17-8-7-14(19)10-15(16)17/h4-10,16,18,20H,3,11H2,1-2H3. The van der Waals surface area contributed by atoms with Gasteiger partial charge in [0.05, 0.1) is 0 Å². The van der Waals surface area contributed by atoms with Crippen LogP contribution in [0, 0.1) is 12.7 Å². The number of hydrogen-bond acceptors (Lipinski definition) is 2. The van der Waals surface area contributed by atoms with E-state index in [1.54, 1.807) is 12.1 Å². The van der Waals surface area contributed by atoms with Crippen molar-refractivity contribution in [3.63, 3.8) is 0 Å². The molecule has 0 spiro atoms. The quantitative estimate of drug-likeness (QED) is 0.907. The van der Waals surface area contributed by atoms with Crippen LogP contribution in [0.15, 0.2) is 42.5 Å². The second-order valence-corrected chi connectivity index (χ2v) is 5.55. The summed E-state index contributed by atoms with van der Waals surface area (Å²) in [6.07, 6.45) is 0.820. The van der Waals surface area contributed by atoms with Crippen molar-refractivity contribution < 1.29 is 9.13 Å². The molecule has 3 rings (SSSR count). The topological polar surface area (TPSA) is 21.3 Å². The van der Waals surface area contributed by atoms with Gasteiger partial charge in [-0.1, -0.05) is 36.8 Å². The Morgan fingerprint density at radius 3 is 2.86 bits per heavy atom. The zero-order chi connectivity index (χ0) is 14.8. The lowest BCUT2D eigenvalue weighted by Gasteiger charge is -2.33. The maximum atomic E-state index is 13.5. The molecular formula is C18H20FNO. The van der Waals surface area contributed by atoms with Crippen LogP contribution in [0.5, 0.6) is 5.75 Å². The average molecular weight is 285 g/mol. The Bertz CT molecular complexity index is 641. The summed E-state index contributed by atoms with van der Waals surface area (Å²) < 4.78 is 19.6. The molecule has 2 nitrogen and oxygen atoms in total. The van der Waals surface area contributed by atoms with Gasteiger partial charge < -0.3 is 10.1 Å². The molecule has 1 aliphatic rings. The van der Waals surface area contributed by atoms with Gasteiger partial charge in [0.15, 0.2) is 0 Å². The van der Waals surface area contributed by atoms with Crippen LogP contribution in [-0.4, -0.2) is 6.54 Å². The molecule has 2 aromatic carbocycles. The third kappa shape index (κ3) is 2.93. The molecule has 2 atom stereocenters. The average Bonchev–Trinajstić information content (AvgIpc) is 2.48. The van der Waals surface area contributed by atoms with Crippen LogP contribution >= 0.6 is 0 Å². The summed E-state index contributed by atoms with van der Waals surface area (Å²) in [5.74, 6) is 0.564. The van der Waals surface area contributed by atoms with E-state index in [4.69, 9.17) is 4.74 Å². The summed E-state index contributed by atoms with van der Waals surface area (Å²) in [6, 6.07) is 13.3. The zero-order valence-corrected chi connectivity index (χ0v) is 12.4. The molecule has 3 heteroatoms. The fraction of sp³-hybridized carbons (Fsp3) is 0.333. The molecule has 2 aromatic rings. The molecule has 0 aromatic heterocycles. The third-order valence-electron chi connectivity index (χ3n) is 3.93. The van der Waals surface area contributed by atoms with Crippen molar-refractivity contribution in [3.8, 4) is 5.75 Å². The number of rotatable bonds is 3. The van der Waals surface area contributed by atoms with E-state index in [0.29, 0.717) is 0 Å². The van der Waals surface area contributed by atoms with E-state index in [-0.39, 0.29) is 18.0 Å². The van der Waals surface area contributed by atoms with E-state index in [9.17, 15) is 4.39 Å². The van der Waals surface area contributed by atoms with Crippen molar-refractivity contribution in [1.29, 1.82) is 0 Å². The van der Waals surface area contributed by atoms with Gasteiger partial charge in [0.1, 0.15) is 17.7 Å². The van der Waals surface area contributed by atoms with Crippen LogP contribution in [0.2, 0.25) is 0 Å². The SMILES string of the molecule is CCNC1CC(c2cccc(C)c2)Oc2ccc(F)cc21. The number of benzene rings is 2. The van der Waals surface area contributed by atoms with Crippen LogP contribution in [0.4, 0.5) is 4.39 Å². The van der Waals surface area contributed by atoms with Gasteiger partial charge in [0.25, 0.3) is 0 Å². The zero-order valence-electron chi connectivity index (χ0n) is 12.4. The van der Waals surface area contributed by atoms with Crippen molar-refractivity contribution in [3.05, 3.63) is 65.0 Å². The Morgan fingerprint density at radius 1 is 1.24 bits per heavy atom. The normalized spacial score (nSPS) is 20.7. The Morgan fingerprint density at radius 2 is 2.10 bits per heavy atom. The maximum Gasteiger partial charge on any atom is 0.126 e. The minimum Gasteiger partial charge on any atom is -0.485 e. The number of ether oxygens (including phenoxy) is 1. The second kappa shape index (κ2) is 5.86. The minimum absolute atomic E-state index is 0.00640. The van der Waals surface area contributed by atoms with E-state index in [1.807, 2.05) is 0 Å². The van der Waals surface area contributed by atoms with Gasteiger partial charge in [-0.05, 0) is 37.2 Å². The molecule has 0 amide bonds. The summed E-state index contributed by atoms with van der Waals surface area (Å²) >= 11 is 0. The van der Waals surface area contributed by atoms with Crippen LogP contribution < -0.4 is 10.1 Å². The largest absolute Gasteiger partial charge is 0.485 e. The van der Waals surface area contributed by atoms with Crippen LogP contribution in [-0.2, 0) is 0 Å². The first kappa shape index (κ1) is 14.1. The Balaban J connectivity index is 1.95. The van der Waals surface area contributed by atoms with Crippen LogP contribution in [0.25, 0.3) is 0 Å². The maximum absolute atomic E-state index is 13.5. The van der Waals surface area contributed by atoms with Crippen molar-refractivity contribution in [1.82, 2.24) is 5.32 Å². The van der Waals surface area contributed by atoms with Gasteiger partial charge in [0.2, 0.25) is 0 Å². The number of nitrogens with one attached hydrogen (secondary N) is 1. The van der Waals surface area contributed by atoms with Gasteiger partial charge in [-0.2, -0.15) is 0 Å². The van der Waals surface area contributed by atoms with Crippen molar-refractivity contribution >= 4 is 0 Å².